The maximum atomic E-state index is 12.1. The molecule has 0 saturated carbocycles. The fourth-order valence-corrected chi connectivity index (χ4v) is 2.87. The van der Waals surface area contributed by atoms with Crippen molar-refractivity contribution in [2.24, 2.45) is 12.0 Å². The Morgan fingerprint density at radius 1 is 1.27 bits per heavy atom. The van der Waals surface area contributed by atoms with Gasteiger partial charge in [-0.05, 0) is 61.7 Å². The van der Waals surface area contributed by atoms with E-state index in [4.69, 9.17) is 9.72 Å². The lowest BCUT2D eigenvalue weighted by molar-refractivity contribution is 0.273. The summed E-state index contributed by atoms with van der Waals surface area (Å²) in [4.78, 5) is 8.50. The zero-order valence-electron chi connectivity index (χ0n) is 14.9. The second-order valence-electron chi connectivity index (χ2n) is 5.82. The molecule has 0 bridgehead atoms. The van der Waals surface area contributed by atoms with Crippen LogP contribution in [0.4, 0.5) is 15.9 Å². The molecule has 0 fully saturated rings. The fraction of sp³-hybridized carbons (Fsp3) is 0.200. The Balaban J connectivity index is 1.86. The molecule has 6 heteroatoms. The highest BCUT2D eigenvalue weighted by atomic mass is 19.1. The molecule has 0 amide bonds. The van der Waals surface area contributed by atoms with Gasteiger partial charge in [-0.25, -0.2) is 9.37 Å². The number of aliphatic imine (C=N–C) groups is 1. The minimum Gasteiger partial charge on any atom is -0.491 e. The number of rotatable bonds is 7. The van der Waals surface area contributed by atoms with Crippen molar-refractivity contribution in [1.82, 2.24) is 9.55 Å². The molecule has 1 aromatic carbocycles. The van der Waals surface area contributed by atoms with Crippen molar-refractivity contribution in [3.8, 4) is 5.75 Å². The first-order chi connectivity index (χ1) is 12.6. The third-order valence-electron chi connectivity index (χ3n) is 4.15. The van der Waals surface area contributed by atoms with Crippen molar-refractivity contribution in [1.29, 1.82) is 0 Å². The molecule has 0 radical (unpaired) electrons. The van der Waals surface area contributed by atoms with Crippen molar-refractivity contribution in [2.75, 3.05) is 18.6 Å². The smallest absolute Gasteiger partial charge is 0.142 e. The molecule has 1 N–H and O–H groups in total. The summed E-state index contributed by atoms with van der Waals surface area (Å²) in [6, 6.07) is 11.3. The number of halogens is 1. The molecular formula is C20H21FN4O. The molecule has 0 saturated heterocycles. The predicted molar refractivity (Wildman–Crippen MR) is 105 cm³/mol. The monoisotopic (exact) mass is 352 g/mol. The number of nitrogens with zero attached hydrogens (tertiary/aromatic N) is 3. The molecule has 26 heavy (non-hydrogen) atoms. The minimum absolute atomic E-state index is 0.0655. The van der Waals surface area contributed by atoms with Crippen LogP contribution in [0.2, 0.25) is 0 Å². The molecule has 0 unspecified atom stereocenters. The lowest BCUT2D eigenvalue weighted by Crippen LogP contribution is -1.99. The zero-order chi connectivity index (χ0) is 18.5. The number of alkyl halides is 1. The Bertz CT molecular complexity index is 945. The first-order valence-electron chi connectivity index (χ1n) is 8.28. The standard InChI is InChI=1S/C20H21FN4O/c1-14-17-8-9-19(24-20(17)25(3)18(14)10-12-22-2)23-15-4-6-16(7-5-15)26-13-11-21/h4-10,12H,2,11,13H2,1,3H3,(H,23,24)/b12-10-. The van der Waals surface area contributed by atoms with Gasteiger partial charge in [-0.1, -0.05) is 0 Å². The van der Waals surface area contributed by atoms with E-state index in [0.29, 0.717) is 5.75 Å². The number of fused-ring (bicyclic) bond motifs is 1. The summed E-state index contributed by atoms with van der Waals surface area (Å²) in [5.74, 6) is 1.38. The van der Waals surface area contributed by atoms with E-state index in [1.165, 1.54) is 0 Å². The molecule has 5 nitrogen and oxygen atoms in total. The van der Waals surface area contributed by atoms with E-state index in [2.05, 4.69) is 30.0 Å². The Labute approximate surface area is 151 Å². The van der Waals surface area contributed by atoms with Crippen LogP contribution in [0.15, 0.2) is 47.6 Å². The SMILES string of the molecule is C=N/C=C\c1c(C)c2ccc(Nc3ccc(OCCF)cc3)nc2n1C. The molecule has 2 heterocycles. The first kappa shape index (κ1) is 17.7. The normalized spacial score (nSPS) is 11.2. The number of hydrogen-bond donors (Lipinski definition) is 1. The van der Waals surface area contributed by atoms with Gasteiger partial charge in [-0.3, -0.25) is 4.99 Å². The fourth-order valence-electron chi connectivity index (χ4n) is 2.87. The van der Waals surface area contributed by atoms with Crippen LogP contribution in [0.3, 0.4) is 0 Å². The number of aryl methyl sites for hydroxylation is 2. The minimum atomic E-state index is -0.500. The lowest BCUT2D eigenvalue weighted by atomic mass is 10.2. The van der Waals surface area contributed by atoms with E-state index in [0.717, 1.165) is 33.8 Å². The number of hydrogen-bond acceptors (Lipinski definition) is 4. The van der Waals surface area contributed by atoms with Crippen molar-refractivity contribution >= 4 is 35.3 Å². The predicted octanol–water partition coefficient (Wildman–Crippen LogP) is 4.64. The van der Waals surface area contributed by atoms with Gasteiger partial charge in [0, 0.05) is 30.0 Å². The topological polar surface area (TPSA) is 51.4 Å². The van der Waals surface area contributed by atoms with Crippen LogP contribution in [0.1, 0.15) is 11.3 Å². The highest BCUT2D eigenvalue weighted by Crippen LogP contribution is 2.27. The van der Waals surface area contributed by atoms with Gasteiger partial charge in [0.1, 0.15) is 30.5 Å². The number of aromatic nitrogens is 2. The van der Waals surface area contributed by atoms with Crippen LogP contribution < -0.4 is 10.1 Å². The van der Waals surface area contributed by atoms with Gasteiger partial charge in [0.2, 0.25) is 0 Å². The summed E-state index contributed by atoms with van der Waals surface area (Å²) in [5.41, 5.74) is 3.97. The van der Waals surface area contributed by atoms with Gasteiger partial charge < -0.3 is 14.6 Å². The molecule has 134 valence electrons. The average molecular weight is 352 g/mol. The molecule has 0 aliphatic rings. The van der Waals surface area contributed by atoms with E-state index in [1.807, 2.05) is 35.9 Å². The van der Waals surface area contributed by atoms with E-state index in [1.54, 1.807) is 18.3 Å². The number of benzene rings is 1. The number of anilines is 2. The van der Waals surface area contributed by atoms with Crippen molar-refractivity contribution in [3.63, 3.8) is 0 Å². The van der Waals surface area contributed by atoms with Gasteiger partial charge in [0.25, 0.3) is 0 Å². The maximum absolute atomic E-state index is 12.1. The summed E-state index contributed by atoms with van der Waals surface area (Å²) in [6.45, 7) is 5.10. The Kier molecular flexibility index (Phi) is 5.31. The van der Waals surface area contributed by atoms with Crippen LogP contribution in [-0.4, -0.2) is 29.6 Å². The first-order valence-corrected chi connectivity index (χ1v) is 8.28. The third kappa shape index (κ3) is 3.59. The van der Waals surface area contributed by atoms with Gasteiger partial charge in [-0.2, -0.15) is 0 Å². The van der Waals surface area contributed by atoms with Crippen LogP contribution >= 0.6 is 0 Å². The van der Waals surface area contributed by atoms with Gasteiger partial charge in [-0.15, -0.1) is 0 Å². The Hall–Kier alpha value is -3.15. The lowest BCUT2D eigenvalue weighted by Gasteiger charge is -2.08. The number of pyridine rings is 1. The third-order valence-corrected chi connectivity index (χ3v) is 4.15. The highest BCUT2D eigenvalue weighted by Gasteiger charge is 2.11. The van der Waals surface area contributed by atoms with E-state index >= 15 is 0 Å². The van der Waals surface area contributed by atoms with Crippen LogP contribution in [0, 0.1) is 6.92 Å². The summed E-state index contributed by atoms with van der Waals surface area (Å²) in [7, 11) is 1.98. The van der Waals surface area contributed by atoms with E-state index in [-0.39, 0.29) is 6.61 Å². The molecule has 0 aliphatic heterocycles. The summed E-state index contributed by atoms with van der Waals surface area (Å²) >= 11 is 0. The molecule has 0 spiro atoms. The summed E-state index contributed by atoms with van der Waals surface area (Å²) < 4.78 is 19.4. The van der Waals surface area contributed by atoms with Crippen LogP contribution in [0.5, 0.6) is 5.75 Å². The highest BCUT2D eigenvalue weighted by molar-refractivity contribution is 5.86. The van der Waals surface area contributed by atoms with E-state index < -0.39 is 6.67 Å². The molecule has 3 rings (SSSR count). The van der Waals surface area contributed by atoms with Gasteiger partial charge in [0.05, 0.1) is 0 Å². The molecule has 3 aromatic rings. The van der Waals surface area contributed by atoms with Crippen LogP contribution in [0.25, 0.3) is 17.1 Å². The van der Waals surface area contributed by atoms with Gasteiger partial charge in [0.15, 0.2) is 0 Å². The largest absolute Gasteiger partial charge is 0.491 e. The zero-order valence-corrected chi connectivity index (χ0v) is 14.9. The Morgan fingerprint density at radius 2 is 2.04 bits per heavy atom. The second-order valence-corrected chi connectivity index (χ2v) is 5.82. The van der Waals surface area contributed by atoms with Crippen LogP contribution in [-0.2, 0) is 7.05 Å². The van der Waals surface area contributed by atoms with Gasteiger partial charge >= 0.3 is 0 Å². The van der Waals surface area contributed by atoms with E-state index in [9.17, 15) is 4.39 Å². The molecule has 0 aliphatic carbocycles. The Morgan fingerprint density at radius 3 is 2.73 bits per heavy atom. The summed E-state index contributed by atoms with van der Waals surface area (Å²) in [6.07, 6.45) is 3.60. The molecule has 2 aromatic heterocycles. The summed E-state index contributed by atoms with van der Waals surface area (Å²) in [5, 5.41) is 4.37. The van der Waals surface area contributed by atoms with Crippen molar-refractivity contribution in [3.05, 3.63) is 53.9 Å². The average Bonchev–Trinajstić information content (AvgIpc) is 2.89. The molecular weight excluding hydrogens is 331 g/mol. The maximum Gasteiger partial charge on any atom is 0.142 e. The van der Waals surface area contributed by atoms with Crippen molar-refractivity contribution < 1.29 is 9.13 Å². The van der Waals surface area contributed by atoms with Crippen molar-refractivity contribution in [2.45, 2.75) is 6.92 Å². The number of ether oxygens (including phenoxy) is 1. The second kappa shape index (κ2) is 7.82. The molecule has 0 atom stereocenters. The quantitative estimate of drug-likeness (QED) is 0.630. The number of nitrogens with one attached hydrogen (secondary N) is 1.